The lowest BCUT2D eigenvalue weighted by Crippen LogP contribution is -2.53. The van der Waals surface area contributed by atoms with Gasteiger partial charge in [0.15, 0.2) is 0 Å². The normalized spacial score (nSPS) is 26.5. The van der Waals surface area contributed by atoms with E-state index in [4.69, 9.17) is 0 Å². The van der Waals surface area contributed by atoms with Gasteiger partial charge in [0.1, 0.15) is 12.1 Å². The quantitative estimate of drug-likeness (QED) is 0.415. The van der Waals surface area contributed by atoms with Gasteiger partial charge in [-0.3, -0.25) is 19.2 Å². The fourth-order valence-corrected chi connectivity index (χ4v) is 6.48. The number of nitrogens with zero attached hydrogens (tertiary/aromatic N) is 1. The molecule has 10 nitrogen and oxygen atoms in total. The van der Waals surface area contributed by atoms with Crippen molar-refractivity contribution in [3.8, 4) is 0 Å². The summed E-state index contributed by atoms with van der Waals surface area (Å²) in [5, 5.41) is 6.75. The predicted octanol–water partition coefficient (Wildman–Crippen LogP) is 1.36. The summed E-state index contributed by atoms with van der Waals surface area (Å²) in [5.74, 6) is -2.13. The summed E-state index contributed by atoms with van der Waals surface area (Å²) >= 11 is 0. The van der Waals surface area contributed by atoms with E-state index in [0.29, 0.717) is 25.1 Å². The van der Waals surface area contributed by atoms with Gasteiger partial charge < -0.3 is 20.9 Å². The molecular formula is C27H35FN4O6S. The van der Waals surface area contributed by atoms with E-state index >= 15 is 0 Å². The first-order chi connectivity index (χ1) is 18.5. The lowest BCUT2D eigenvalue weighted by atomic mass is 9.92. The lowest BCUT2D eigenvalue weighted by Gasteiger charge is -2.32. The summed E-state index contributed by atoms with van der Waals surface area (Å²) in [6.07, 6.45) is 4.54. The second-order valence-corrected chi connectivity index (χ2v) is 12.6. The van der Waals surface area contributed by atoms with Crippen molar-refractivity contribution >= 4 is 33.5 Å². The van der Waals surface area contributed by atoms with Crippen molar-refractivity contribution in [3.63, 3.8) is 0 Å². The first-order valence-corrected chi connectivity index (χ1v) is 15.1. The van der Waals surface area contributed by atoms with Crippen molar-refractivity contribution in [1.29, 1.82) is 0 Å². The molecular weight excluding hydrogens is 527 g/mol. The number of hydrogen-bond donors (Lipinski definition) is 3. The average molecular weight is 563 g/mol. The molecule has 4 amide bonds. The van der Waals surface area contributed by atoms with Gasteiger partial charge in [-0.1, -0.05) is 36.8 Å². The Morgan fingerprint density at radius 2 is 1.87 bits per heavy atom. The van der Waals surface area contributed by atoms with Crippen LogP contribution in [0.15, 0.2) is 41.6 Å². The van der Waals surface area contributed by atoms with Gasteiger partial charge in [-0.2, -0.15) is 4.39 Å². The Hall–Kier alpha value is -3.28. The van der Waals surface area contributed by atoms with Crippen molar-refractivity contribution < 1.29 is 32.0 Å². The third-order valence-electron chi connectivity index (χ3n) is 7.88. The molecule has 1 aromatic carbocycles. The Labute approximate surface area is 227 Å². The molecule has 4 rings (SSSR count). The van der Waals surface area contributed by atoms with E-state index in [1.165, 1.54) is 11.8 Å². The van der Waals surface area contributed by atoms with E-state index in [2.05, 4.69) is 16.0 Å². The zero-order valence-corrected chi connectivity index (χ0v) is 22.9. The number of carbonyl (C=O) groups excluding carboxylic acids is 4. The van der Waals surface area contributed by atoms with E-state index in [9.17, 15) is 32.0 Å². The maximum atomic E-state index is 14.5. The van der Waals surface area contributed by atoms with E-state index in [1.54, 1.807) is 30.3 Å². The van der Waals surface area contributed by atoms with Gasteiger partial charge in [0.05, 0.1) is 6.04 Å². The molecule has 0 bridgehead atoms. The van der Waals surface area contributed by atoms with Crippen LogP contribution in [-0.2, 0) is 29.0 Å². The minimum absolute atomic E-state index is 0.0216. The van der Waals surface area contributed by atoms with E-state index in [1.807, 2.05) is 0 Å². The standard InChI is InChI=1S/C27H35FN4O6S/c1-16(33)30-23(17-7-4-3-5-8-17)27(36)32-15-19-9-6-10-21(19)24(32)26(35)31-20(14-22(28)39(2,37)38)13-18-11-12-29-25(18)34/h3-5,7-8,14,18-21,23-24H,6,9-13,15H2,1-2H3,(H,29,34)(H,30,33)(H,31,35)/b22-14-/t18-,19-,20-,21-,23-,24+/m1/s1. The third-order valence-corrected chi connectivity index (χ3v) is 8.73. The molecule has 39 heavy (non-hydrogen) atoms. The average Bonchev–Trinajstić information content (AvgIpc) is 3.58. The zero-order chi connectivity index (χ0) is 28.3. The van der Waals surface area contributed by atoms with Gasteiger partial charge in [0.2, 0.25) is 32.7 Å². The van der Waals surface area contributed by atoms with Crippen LogP contribution in [0.5, 0.6) is 0 Å². The van der Waals surface area contributed by atoms with Gasteiger partial charge in [-0.15, -0.1) is 0 Å². The molecule has 1 saturated carbocycles. The zero-order valence-electron chi connectivity index (χ0n) is 22.1. The molecule has 6 atom stereocenters. The monoisotopic (exact) mass is 562 g/mol. The third kappa shape index (κ3) is 6.66. The van der Waals surface area contributed by atoms with Crippen molar-refractivity contribution in [2.45, 2.75) is 57.2 Å². The number of hydrogen-bond acceptors (Lipinski definition) is 6. The number of likely N-dealkylation sites (tertiary alicyclic amines) is 1. The molecule has 2 aliphatic heterocycles. The van der Waals surface area contributed by atoms with Crippen LogP contribution in [-0.4, -0.2) is 68.4 Å². The Morgan fingerprint density at radius 1 is 1.15 bits per heavy atom. The predicted molar refractivity (Wildman–Crippen MR) is 141 cm³/mol. The fraction of sp³-hybridized carbons (Fsp3) is 0.556. The van der Waals surface area contributed by atoms with Crippen LogP contribution in [0.4, 0.5) is 4.39 Å². The second-order valence-electron chi connectivity index (χ2n) is 10.7. The number of carbonyl (C=O) groups is 4. The van der Waals surface area contributed by atoms with Gasteiger partial charge >= 0.3 is 0 Å². The first kappa shape index (κ1) is 28.7. The molecule has 0 radical (unpaired) electrons. The molecule has 3 fully saturated rings. The highest BCUT2D eigenvalue weighted by molar-refractivity contribution is 7.94. The molecule has 2 heterocycles. The van der Waals surface area contributed by atoms with Crippen LogP contribution < -0.4 is 16.0 Å². The summed E-state index contributed by atoms with van der Waals surface area (Å²) in [7, 11) is -4.15. The van der Waals surface area contributed by atoms with Gasteiger partial charge in [0.25, 0.3) is 5.91 Å². The molecule has 1 aromatic rings. The summed E-state index contributed by atoms with van der Waals surface area (Å²) in [6, 6.07) is 5.83. The summed E-state index contributed by atoms with van der Waals surface area (Å²) in [5.41, 5.74) is 0.581. The maximum Gasteiger partial charge on any atom is 0.250 e. The highest BCUT2D eigenvalue weighted by atomic mass is 32.2. The molecule has 0 unspecified atom stereocenters. The number of nitrogens with one attached hydrogen (secondary N) is 3. The largest absolute Gasteiger partial charge is 0.356 e. The summed E-state index contributed by atoms with van der Waals surface area (Å²) in [6.45, 7) is 2.10. The van der Waals surface area contributed by atoms with Crippen LogP contribution in [0.25, 0.3) is 0 Å². The van der Waals surface area contributed by atoms with Crippen LogP contribution in [0.2, 0.25) is 0 Å². The first-order valence-electron chi connectivity index (χ1n) is 13.2. The highest BCUT2D eigenvalue weighted by Crippen LogP contribution is 2.43. The minimum Gasteiger partial charge on any atom is -0.356 e. The number of rotatable bonds is 9. The smallest absolute Gasteiger partial charge is 0.250 e. The molecule has 212 valence electrons. The molecule has 3 aliphatic rings. The van der Waals surface area contributed by atoms with Crippen LogP contribution >= 0.6 is 0 Å². The molecule has 0 spiro atoms. The number of amides is 4. The van der Waals surface area contributed by atoms with Crippen molar-refractivity contribution in [2.75, 3.05) is 19.3 Å². The lowest BCUT2D eigenvalue weighted by molar-refractivity contribution is -0.142. The fourth-order valence-electron chi connectivity index (χ4n) is 6.07. The van der Waals surface area contributed by atoms with Crippen LogP contribution in [0.3, 0.4) is 0 Å². The Balaban J connectivity index is 1.62. The Morgan fingerprint density at radius 3 is 2.49 bits per heavy atom. The van der Waals surface area contributed by atoms with Crippen LogP contribution in [0.1, 0.15) is 50.6 Å². The van der Waals surface area contributed by atoms with Crippen molar-refractivity contribution in [1.82, 2.24) is 20.9 Å². The highest BCUT2D eigenvalue weighted by Gasteiger charge is 2.51. The van der Waals surface area contributed by atoms with Crippen molar-refractivity contribution in [3.05, 3.63) is 47.1 Å². The molecule has 12 heteroatoms. The SMILES string of the molecule is CC(=O)N[C@@H](C(=O)N1C[C@H]2CCC[C@H]2[C@H]1C(=O)N[C@@H](/C=C(/F)S(C)(=O)=O)C[C@H]1CCNC1=O)c1ccccc1. The van der Waals surface area contributed by atoms with E-state index in [-0.39, 0.29) is 24.2 Å². The number of sulfone groups is 1. The number of halogens is 1. The van der Waals surface area contributed by atoms with E-state index < -0.39 is 56.8 Å². The minimum atomic E-state index is -4.15. The maximum absolute atomic E-state index is 14.5. The number of fused-ring (bicyclic) bond motifs is 1. The Kier molecular flexibility index (Phi) is 8.73. The summed E-state index contributed by atoms with van der Waals surface area (Å²) in [4.78, 5) is 53.3. The Bertz CT molecular complexity index is 1250. The van der Waals surface area contributed by atoms with E-state index in [0.717, 1.165) is 31.6 Å². The van der Waals surface area contributed by atoms with Crippen molar-refractivity contribution in [2.24, 2.45) is 17.8 Å². The molecule has 2 saturated heterocycles. The topological polar surface area (TPSA) is 142 Å². The molecule has 0 aromatic heterocycles. The molecule has 3 N–H and O–H groups in total. The van der Waals surface area contributed by atoms with Gasteiger partial charge in [-0.25, -0.2) is 8.42 Å². The van der Waals surface area contributed by atoms with Gasteiger partial charge in [0, 0.05) is 32.2 Å². The molecule has 1 aliphatic carbocycles. The second kappa shape index (κ2) is 11.8. The summed E-state index contributed by atoms with van der Waals surface area (Å²) < 4.78 is 38.1. The van der Waals surface area contributed by atoms with Gasteiger partial charge in [-0.05, 0) is 49.2 Å². The van der Waals surface area contributed by atoms with Crippen LogP contribution in [0, 0.1) is 17.8 Å². The number of benzene rings is 1.